The van der Waals surface area contributed by atoms with Crippen molar-refractivity contribution in [2.24, 2.45) is 21.7 Å². The Hall–Kier alpha value is -7.94. The van der Waals surface area contributed by atoms with Crippen LogP contribution in [0.2, 0.25) is 0 Å². The molecular formula is C82H80N2. The van der Waals surface area contributed by atoms with Gasteiger partial charge in [-0.25, -0.2) is 0 Å². The van der Waals surface area contributed by atoms with Crippen LogP contribution >= 0.6 is 0 Å². The average Bonchev–Trinajstić information content (AvgIpc) is 1.52. The van der Waals surface area contributed by atoms with Crippen molar-refractivity contribution in [3.05, 3.63) is 230 Å². The molecule has 2 nitrogen and oxygen atoms in total. The molecule has 0 spiro atoms. The molecule has 0 N–H and O–H groups in total. The fourth-order valence-electron chi connectivity index (χ4n) is 19.7. The molecule has 0 amide bonds. The van der Waals surface area contributed by atoms with E-state index in [0.717, 1.165) is 25.7 Å². The van der Waals surface area contributed by atoms with Crippen LogP contribution in [0.15, 0.2) is 218 Å². The van der Waals surface area contributed by atoms with Crippen molar-refractivity contribution in [1.82, 2.24) is 0 Å². The molecule has 84 heavy (non-hydrogen) atoms. The highest BCUT2D eigenvalue weighted by Crippen LogP contribution is 2.72. The summed E-state index contributed by atoms with van der Waals surface area (Å²) in [5.41, 5.74) is 18.0. The first-order valence-corrected chi connectivity index (χ1v) is 31.1. The van der Waals surface area contributed by atoms with Gasteiger partial charge in [-0.05, 0) is 221 Å². The number of hydrogen-bond acceptors (Lipinski definition) is 2. The normalized spacial score (nSPS) is 24.3. The second-order valence-corrected chi connectivity index (χ2v) is 29.7. The van der Waals surface area contributed by atoms with Crippen LogP contribution in [0.3, 0.4) is 0 Å². The number of benzene rings is 11. The van der Waals surface area contributed by atoms with Gasteiger partial charge in [-0.15, -0.1) is 0 Å². The Balaban J connectivity index is 0.994. The van der Waals surface area contributed by atoms with Crippen molar-refractivity contribution in [1.29, 1.82) is 0 Å². The predicted octanol–water partition coefficient (Wildman–Crippen LogP) is 23.0. The summed E-state index contributed by atoms with van der Waals surface area (Å²) in [4.78, 5) is 5.45. The molecule has 2 aliphatic heterocycles. The molecule has 2 heterocycles. The molecule has 2 aliphatic carbocycles. The number of hydrogen-bond donors (Lipinski definition) is 0. The van der Waals surface area contributed by atoms with Gasteiger partial charge >= 0.3 is 0 Å². The number of para-hydroxylation sites is 2. The molecule has 0 aromatic heterocycles. The van der Waals surface area contributed by atoms with Gasteiger partial charge in [-0.2, -0.15) is 0 Å². The Kier molecular flexibility index (Phi) is 11.2. The van der Waals surface area contributed by atoms with Crippen LogP contribution in [0, 0.1) is 21.7 Å². The van der Waals surface area contributed by atoms with Crippen molar-refractivity contribution in [3.63, 3.8) is 0 Å². The van der Waals surface area contributed by atoms with Gasteiger partial charge in [0.2, 0.25) is 0 Å². The molecule has 11 aromatic carbocycles. The minimum absolute atomic E-state index is 0.0148. The quantitative estimate of drug-likeness (QED) is 0.153. The number of rotatable bonds is 6. The Morgan fingerprint density at radius 3 is 1.04 bits per heavy atom. The molecule has 15 rings (SSSR count). The van der Waals surface area contributed by atoms with Gasteiger partial charge in [0, 0.05) is 33.6 Å². The lowest BCUT2D eigenvalue weighted by atomic mass is 9.45. The summed E-state index contributed by atoms with van der Waals surface area (Å²) in [7, 11) is 0. The van der Waals surface area contributed by atoms with Crippen LogP contribution in [0.25, 0.3) is 87.6 Å². The van der Waals surface area contributed by atoms with E-state index in [-0.39, 0.29) is 43.6 Å². The van der Waals surface area contributed by atoms with Gasteiger partial charge in [0.15, 0.2) is 0 Å². The maximum Gasteiger partial charge on any atom is 0.0528 e. The topological polar surface area (TPSA) is 6.48 Å². The second-order valence-electron chi connectivity index (χ2n) is 29.7. The van der Waals surface area contributed by atoms with E-state index in [1.54, 1.807) is 0 Å². The number of anilines is 4. The molecule has 11 aromatic rings. The van der Waals surface area contributed by atoms with E-state index in [1.807, 2.05) is 0 Å². The highest BCUT2D eigenvalue weighted by Gasteiger charge is 2.69. The van der Waals surface area contributed by atoms with Crippen molar-refractivity contribution < 1.29 is 0 Å². The summed E-state index contributed by atoms with van der Waals surface area (Å²) >= 11 is 0. The van der Waals surface area contributed by atoms with E-state index in [1.165, 1.54) is 121 Å². The van der Waals surface area contributed by atoms with Crippen molar-refractivity contribution in [3.8, 4) is 44.5 Å². The van der Waals surface area contributed by atoms with Crippen LogP contribution in [0.5, 0.6) is 0 Å². The Labute approximate surface area is 499 Å². The van der Waals surface area contributed by atoms with Gasteiger partial charge in [-0.3, -0.25) is 0 Å². The van der Waals surface area contributed by atoms with Crippen LogP contribution in [0.1, 0.15) is 120 Å². The SMILES string of the molecule is CC1(C)CC(C)(C)C2(C)c3cc(-c4ccc5c(-c6cccc7ccccc67)c6cc(-c7ccc8c(c7)C7(C)C(C)(C)CC(C)(C)CC7(C)N8c7ccccc7)ccc6c(-c6cccc7ccccc67)c5c4)ccc3N(c3ccccc3)C2(C)C1. The highest BCUT2D eigenvalue weighted by atomic mass is 15.3. The zero-order valence-corrected chi connectivity index (χ0v) is 51.5. The summed E-state index contributed by atoms with van der Waals surface area (Å²) in [6.45, 7) is 30.5. The van der Waals surface area contributed by atoms with Gasteiger partial charge in [0.1, 0.15) is 0 Å². The average molecular weight is 1090 g/mol. The Morgan fingerprint density at radius 2 is 0.631 bits per heavy atom. The maximum atomic E-state index is 2.72. The first kappa shape index (κ1) is 52.8. The molecule has 0 bridgehead atoms. The smallest absolute Gasteiger partial charge is 0.0528 e. The highest BCUT2D eigenvalue weighted by molar-refractivity contribution is 6.26. The zero-order valence-electron chi connectivity index (χ0n) is 51.5. The monoisotopic (exact) mass is 1090 g/mol. The zero-order chi connectivity index (χ0) is 58.1. The summed E-state index contributed by atoms with van der Waals surface area (Å²) in [6, 6.07) is 84.1. The van der Waals surface area contributed by atoms with Crippen LogP contribution < -0.4 is 9.80 Å². The first-order chi connectivity index (χ1) is 40.1. The van der Waals surface area contributed by atoms with Crippen LogP contribution in [0.4, 0.5) is 22.7 Å². The largest absolute Gasteiger partial charge is 0.334 e. The summed E-state index contributed by atoms with van der Waals surface area (Å²) < 4.78 is 0. The number of fused-ring (bicyclic) bond motifs is 10. The molecule has 4 aliphatic rings. The molecule has 2 heteroatoms. The van der Waals surface area contributed by atoms with Crippen molar-refractivity contribution >= 4 is 65.8 Å². The van der Waals surface area contributed by atoms with Crippen molar-refractivity contribution in [2.45, 2.75) is 131 Å². The van der Waals surface area contributed by atoms with Gasteiger partial charge in [0.05, 0.1) is 11.1 Å². The third-order valence-electron chi connectivity index (χ3n) is 22.8. The molecule has 2 saturated carbocycles. The fourth-order valence-corrected chi connectivity index (χ4v) is 19.7. The maximum absolute atomic E-state index is 2.72. The van der Waals surface area contributed by atoms with E-state index in [0.29, 0.717) is 0 Å². The molecule has 418 valence electrons. The molecule has 4 unspecified atom stereocenters. The summed E-state index contributed by atoms with van der Waals surface area (Å²) in [5, 5.41) is 10.1. The lowest BCUT2D eigenvalue weighted by Gasteiger charge is -2.62. The van der Waals surface area contributed by atoms with Crippen LogP contribution in [-0.4, -0.2) is 11.1 Å². The van der Waals surface area contributed by atoms with E-state index in [4.69, 9.17) is 0 Å². The summed E-state index contributed by atoms with van der Waals surface area (Å²) in [6.07, 6.45) is 4.51. The first-order valence-electron chi connectivity index (χ1n) is 31.1. The fraction of sp³-hybridized carbons (Fsp3) is 0.293. The van der Waals surface area contributed by atoms with Crippen molar-refractivity contribution in [2.75, 3.05) is 9.80 Å². The van der Waals surface area contributed by atoms with Gasteiger partial charge < -0.3 is 9.80 Å². The van der Waals surface area contributed by atoms with E-state index in [9.17, 15) is 0 Å². The molecular weight excluding hydrogens is 1010 g/mol. The number of nitrogens with zero attached hydrogens (tertiary/aromatic N) is 2. The third-order valence-corrected chi connectivity index (χ3v) is 22.8. The Morgan fingerprint density at radius 1 is 0.286 bits per heavy atom. The van der Waals surface area contributed by atoms with Gasteiger partial charge in [-0.1, -0.05) is 227 Å². The van der Waals surface area contributed by atoms with E-state index < -0.39 is 0 Å². The van der Waals surface area contributed by atoms with E-state index in [2.05, 4.69) is 311 Å². The molecule has 2 fully saturated rings. The molecule has 4 atom stereocenters. The summed E-state index contributed by atoms with van der Waals surface area (Å²) in [5.74, 6) is 0. The lowest BCUT2D eigenvalue weighted by Crippen LogP contribution is -2.65. The minimum atomic E-state index is -0.152. The lowest BCUT2D eigenvalue weighted by molar-refractivity contribution is -0.0239. The molecule has 0 radical (unpaired) electrons. The van der Waals surface area contributed by atoms with Gasteiger partial charge in [0.25, 0.3) is 0 Å². The Bertz CT molecular complexity index is 4220. The van der Waals surface area contributed by atoms with Crippen LogP contribution in [-0.2, 0) is 10.8 Å². The molecule has 0 saturated heterocycles. The third kappa shape index (κ3) is 7.22. The second kappa shape index (κ2) is 17.8. The standard InChI is InChI=1S/C82H80N2/c1-75(2)49-77(5,6)81(11)69-47-57(39-43-71(69)83(79(81,9)51-75)59-29-15-13-16-30-59)55-37-41-65-67(45-55)73(63-35-23-27-53-25-19-21-33-61(53)63)66-42-38-56(46-68(66)74(65)64-36-24-28-54-26-20-22-34-62(54)64)58-40-44-72-70(48-58)82(12)78(7,8)50-76(3,4)52-80(82,10)84(72)60-31-17-14-18-32-60/h13-48H,49-52H2,1-12H3. The predicted molar refractivity (Wildman–Crippen MR) is 360 cm³/mol. The minimum Gasteiger partial charge on any atom is -0.334 e. The van der Waals surface area contributed by atoms with E-state index >= 15 is 0 Å².